The molecule has 1 N–H and O–H groups in total. The number of sulfonamides is 1. The number of benzene rings is 1. The molecule has 0 unspecified atom stereocenters. The second-order valence-electron chi connectivity index (χ2n) is 5.99. The number of piperidine rings is 1. The van der Waals surface area contributed by atoms with Crippen LogP contribution in [-0.2, 0) is 14.8 Å². The second-order valence-corrected chi connectivity index (χ2v) is 7.77. The van der Waals surface area contributed by atoms with Crippen LogP contribution in [-0.4, -0.2) is 51.2 Å². The van der Waals surface area contributed by atoms with Crippen molar-refractivity contribution in [2.24, 2.45) is 0 Å². The number of nitrogens with one attached hydrogen (secondary N) is 1. The Morgan fingerprint density at radius 3 is 2.52 bits per heavy atom. The summed E-state index contributed by atoms with van der Waals surface area (Å²) in [4.78, 5) is 14.0. The fourth-order valence-corrected chi connectivity index (χ4v) is 3.46. The van der Waals surface area contributed by atoms with Gasteiger partial charge in [-0.15, -0.1) is 0 Å². The molecule has 2 rings (SSSR count). The first-order valence-corrected chi connectivity index (χ1v) is 10.0. The highest BCUT2D eigenvalue weighted by Gasteiger charge is 2.23. The third-order valence-electron chi connectivity index (χ3n) is 3.85. The van der Waals surface area contributed by atoms with Gasteiger partial charge in [0.1, 0.15) is 12.4 Å². The Kier molecular flexibility index (Phi) is 6.78. The summed E-state index contributed by atoms with van der Waals surface area (Å²) in [6, 6.07) is 7.35. The molecule has 0 spiro atoms. The fourth-order valence-electron chi connectivity index (χ4n) is 2.62. The van der Waals surface area contributed by atoms with E-state index >= 15 is 0 Å². The summed E-state index contributed by atoms with van der Waals surface area (Å²) in [6.07, 6.45) is 7.40. The minimum atomic E-state index is -3.20. The molecule has 0 aliphatic carbocycles. The van der Waals surface area contributed by atoms with Gasteiger partial charge in [0.15, 0.2) is 0 Å². The maximum absolute atomic E-state index is 12.2. The van der Waals surface area contributed by atoms with Crippen molar-refractivity contribution >= 4 is 22.0 Å². The van der Waals surface area contributed by atoms with Crippen LogP contribution in [0.1, 0.15) is 18.4 Å². The van der Waals surface area contributed by atoms with Gasteiger partial charge in [0.25, 0.3) is 0 Å². The van der Waals surface area contributed by atoms with Crippen molar-refractivity contribution in [1.82, 2.24) is 9.62 Å². The van der Waals surface area contributed by atoms with Crippen molar-refractivity contribution in [2.75, 3.05) is 26.0 Å². The lowest BCUT2D eigenvalue weighted by atomic mass is 10.1. The smallest absolute Gasteiger partial charge is 0.246 e. The zero-order chi connectivity index (χ0) is 18.3. The summed E-state index contributed by atoms with van der Waals surface area (Å²) in [7, 11) is -3.20. The monoisotopic (exact) mass is 364 g/mol. The average molecular weight is 364 g/mol. The molecule has 1 aliphatic rings. The number of carbonyl (C=O) groups is 1. The molecule has 1 aromatic carbocycles. The number of likely N-dealkylation sites (tertiary alicyclic amines) is 1. The Morgan fingerprint density at radius 2 is 1.96 bits per heavy atom. The molecular weight excluding hydrogens is 340 g/mol. The Labute approximate surface area is 149 Å². The van der Waals surface area contributed by atoms with Gasteiger partial charge in [0.2, 0.25) is 15.9 Å². The van der Waals surface area contributed by atoms with Gasteiger partial charge in [-0.1, -0.05) is 24.8 Å². The molecule has 1 heterocycles. The quantitative estimate of drug-likeness (QED) is 0.591. The molecule has 0 aromatic heterocycles. The molecule has 1 saturated heterocycles. The van der Waals surface area contributed by atoms with Gasteiger partial charge in [0, 0.05) is 25.2 Å². The number of rotatable bonds is 7. The SMILES string of the molecule is C=CCOc1ccc(/C=C/C(=O)N2CCC(NS(C)(=O)=O)CC2)cc1. The van der Waals surface area contributed by atoms with E-state index in [1.165, 1.54) is 0 Å². The van der Waals surface area contributed by atoms with Crippen LogP contribution in [0.5, 0.6) is 5.75 Å². The van der Waals surface area contributed by atoms with E-state index in [0.29, 0.717) is 32.5 Å². The summed E-state index contributed by atoms with van der Waals surface area (Å²) < 4.78 is 30.5. The maximum Gasteiger partial charge on any atom is 0.246 e. The normalized spacial score (nSPS) is 16.1. The highest BCUT2D eigenvalue weighted by Crippen LogP contribution is 2.15. The predicted octanol–water partition coefficient (Wildman–Crippen LogP) is 1.80. The highest BCUT2D eigenvalue weighted by atomic mass is 32.2. The maximum atomic E-state index is 12.2. The van der Waals surface area contributed by atoms with Gasteiger partial charge in [-0.3, -0.25) is 4.79 Å². The molecule has 1 aromatic rings. The zero-order valence-corrected chi connectivity index (χ0v) is 15.2. The van der Waals surface area contributed by atoms with E-state index in [2.05, 4.69) is 11.3 Å². The average Bonchev–Trinajstić information content (AvgIpc) is 2.58. The first-order chi connectivity index (χ1) is 11.9. The van der Waals surface area contributed by atoms with E-state index in [0.717, 1.165) is 17.6 Å². The Balaban J connectivity index is 1.83. The standard InChI is InChI=1S/C18H24N2O4S/c1-3-14-24-17-7-4-15(5-8-17)6-9-18(21)20-12-10-16(11-13-20)19-25(2,22)23/h3-9,16,19H,1,10-14H2,2H3/b9-6+. The van der Waals surface area contributed by atoms with Crippen LogP contribution in [0.2, 0.25) is 0 Å². The number of hydrogen-bond acceptors (Lipinski definition) is 4. The van der Waals surface area contributed by atoms with Crippen LogP contribution in [0.25, 0.3) is 6.08 Å². The Hall–Kier alpha value is -2.12. The number of hydrogen-bond donors (Lipinski definition) is 1. The first kappa shape index (κ1) is 19.2. The molecule has 136 valence electrons. The lowest BCUT2D eigenvalue weighted by Gasteiger charge is -2.31. The molecule has 6 nitrogen and oxygen atoms in total. The predicted molar refractivity (Wildman–Crippen MR) is 98.7 cm³/mol. The van der Waals surface area contributed by atoms with E-state index in [-0.39, 0.29) is 11.9 Å². The van der Waals surface area contributed by atoms with Crippen molar-refractivity contribution in [2.45, 2.75) is 18.9 Å². The van der Waals surface area contributed by atoms with E-state index in [1.807, 2.05) is 24.3 Å². The molecule has 25 heavy (non-hydrogen) atoms. The number of ether oxygens (including phenoxy) is 1. The molecule has 1 amide bonds. The van der Waals surface area contributed by atoms with E-state index in [9.17, 15) is 13.2 Å². The highest BCUT2D eigenvalue weighted by molar-refractivity contribution is 7.88. The van der Waals surface area contributed by atoms with Crippen LogP contribution in [0.3, 0.4) is 0 Å². The number of nitrogens with zero attached hydrogens (tertiary/aromatic N) is 1. The lowest BCUT2D eigenvalue weighted by molar-refractivity contribution is -0.126. The zero-order valence-electron chi connectivity index (χ0n) is 14.3. The Morgan fingerprint density at radius 1 is 1.32 bits per heavy atom. The van der Waals surface area contributed by atoms with Gasteiger partial charge in [-0.2, -0.15) is 0 Å². The van der Waals surface area contributed by atoms with Crippen LogP contribution in [0.4, 0.5) is 0 Å². The molecule has 0 atom stereocenters. The van der Waals surface area contributed by atoms with Gasteiger partial charge in [-0.05, 0) is 36.6 Å². The van der Waals surface area contributed by atoms with Crippen molar-refractivity contribution in [3.05, 3.63) is 48.6 Å². The van der Waals surface area contributed by atoms with Crippen molar-refractivity contribution in [3.63, 3.8) is 0 Å². The minimum absolute atomic E-state index is 0.0650. The molecule has 1 fully saturated rings. The van der Waals surface area contributed by atoms with E-state index in [4.69, 9.17) is 4.74 Å². The van der Waals surface area contributed by atoms with Gasteiger partial charge in [-0.25, -0.2) is 13.1 Å². The third-order valence-corrected chi connectivity index (χ3v) is 4.62. The topological polar surface area (TPSA) is 75.7 Å². The van der Waals surface area contributed by atoms with Crippen LogP contribution in [0, 0.1) is 0 Å². The van der Waals surface area contributed by atoms with E-state index < -0.39 is 10.0 Å². The number of carbonyl (C=O) groups excluding carboxylic acids is 1. The fraction of sp³-hybridized carbons (Fsp3) is 0.389. The number of amides is 1. The molecular formula is C18H24N2O4S. The minimum Gasteiger partial charge on any atom is -0.490 e. The van der Waals surface area contributed by atoms with Gasteiger partial charge < -0.3 is 9.64 Å². The largest absolute Gasteiger partial charge is 0.490 e. The summed E-state index contributed by atoms with van der Waals surface area (Å²) in [6.45, 7) is 5.15. The summed E-state index contributed by atoms with van der Waals surface area (Å²) in [5.74, 6) is 0.689. The van der Waals surface area contributed by atoms with Crippen molar-refractivity contribution < 1.29 is 17.9 Å². The first-order valence-electron chi connectivity index (χ1n) is 8.15. The van der Waals surface area contributed by atoms with Crippen LogP contribution in [0.15, 0.2) is 43.0 Å². The molecule has 0 radical (unpaired) electrons. The molecule has 0 saturated carbocycles. The van der Waals surface area contributed by atoms with E-state index in [1.54, 1.807) is 23.1 Å². The summed E-state index contributed by atoms with van der Waals surface area (Å²) >= 11 is 0. The molecule has 0 bridgehead atoms. The lowest BCUT2D eigenvalue weighted by Crippen LogP contribution is -2.45. The summed E-state index contributed by atoms with van der Waals surface area (Å²) in [5.41, 5.74) is 0.910. The van der Waals surface area contributed by atoms with Gasteiger partial charge in [0.05, 0.1) is 6.26 Å². The Bertz CT molecular complexity index is 718. The van der Waals surface area contributed by atoms with Crippen molar-refractivity contribution in [1.29, 1.82) is 0 Å². The summed E-state index contributed by atoms with van der Waals surface area (Å²) in [5, 5.41) is 0. The van der Waals surface area contributed by atoms with Crippen LogP contribution < -0.4 is 9.46 Å². The van der Waals surface area contributed by atoms with Crippen molar-refractivity contribution in [3.8, 4) is 5.75 Å². The molecule has 7 heteroatoms. The van der Waals surface area contributed by atoms with Crippen LogP contribution >= 0.6 is 0 Å². The second kappa shape index (κ2) is 8.82. The van der Waals surface area contributed by atoms with Gasteiger partial charge >= 0.3 is 0 Å². The third kappa shape index (κ3) is 6.72. The molecule has 1 aliphatic heterocycles.